The number of hydrogen-bond acceptors (Lipinski definition) is 2. The van der Waals surface area contributed by atoms with Crippen LogP contribution in [0.3, 0.4) is 0 Å². The van der Waals surface area contributed by atoms with Crippen LogP contribution in [0.5, 0.6) is 0 Å². The Morgan fingerprint density at radius 3 is 2.32 bits per heavy atom. The SMILES string of the molecule is O=Cc1ccccc1-c1cccnc1.c1cc[nH]c1. The van der Waals surface area contributed by atoms with Gasteiger partial charge in [-0.25, -0.2) is 0 Å². The van der Waals surface area contributed by atoms with E-state index < -0.39 is 0 Å². The van der Waals surface area contributed by atoms with E-state index in [4.69, 9.17) is 0 Å². The van der Waals surface area contributed by atoms with Gasteiger partial charge in [-0.15, -0.1) is 0 Å². The van der Waals surface area contributed by atoms with Crippen LogP contribution in [0, 0.1) is 0 Å². The molecule has 0 spiro atoms. The molecular formula is C16H14N2O. The first kappa shape index (κ1) is 12.8. The van der Waals surface area contributed by atoms with E-state index in [0.29, 0.717) is 5.56 Å². The van der Waals surface area contributed by atoms with E-state index >= 15 is 0 Å². The summed E-state index contributed by atoms with van der Waals surface area (Å²) in [5, 5.41) is 0. The van der Waals surface area contributed by atoms with Crippen LogP contribution in [0.1, 0.15) is 10.4 Å². The third kappa shape index (κ3) is 3.64. The fraction of sp³-hybridized carbons (Fsp3) is 0. The Balaban J connectivity index is 0.000000224. The van der Waals surface area contributed by atoms with Crippen LogP contribution in [-0.2, 0) is 0 Å². The van der Waals surface area contributed by atoms with E-state index in [9.17, 15) is 4.79 Å². The number of benzene rings is 1. The van der Waals surface area contributed by atoms with Gasteiger partial charge in [0, 0.05) is 35.9 Å². The second-order valence-corrected chi connectivity index (χ2v) is 3.83. The molecule has 0 atom stereocenters. The number of carbonyl (C=O) groups excluding carboxylic acids is 1. The quantitative estimate of drug-likeness (QED) is 0.707. The largest absolute Gasteiger partial charge is 0.368 e. The molecule has 0 saturated carbocycles. The molecule has 0 aliphatic carbocycles. The highest BCUT2D eigenvalue weighted by atomic mass is 16.1. The molecule has 3 heteroatoms. The third-order valence-electron chi connectivity index (χ3n) is 2.56. The monoisotopic (exact) mass is 250 g/mol. The van der Waals surface area contributed by atoms with E-state index in [0.717, 1.165) is 17.4 Å². The number of aromatic amines is 1. The van der Waals surface area contributed by atoms with Crippen molar-refractivity contribution in [2.45, 2.75) is 0 Å². The maximum atomic E-state index is 10.8. The molecule has 3 aromatic rings. The van der Waals surface area contributed by atoms with Crippen LogP contribution in [0.4, 0.5) is 0 Å². The van der Waals surface area contributed by atoms with Crippen LogP contribution >= 0.6 is 0 Å². The van der Waals surface area contributed by atoms with E-state index in [1.165, 1.54) is 0 Å². The summed E-state index contributed by atoms with van der Waals surface area (Å²) in [7, 11) is 0. The molecule has 1 N–H and O–H groups in total. The lowest BCUT2D eigenvalue weighted by molar-refractivity contribution is 0.112. The fourth-order valence-corrected chi connectivity index (χ4v) is 1.66. The number of nitrogens with zero attached hydrogens (tertiary/aromatic N) is 1. The Hall–Kier alpha value is -2.68. The number of H-pyrrole nitrogens is 1. The van der Waals surface area contributed by atoms with Gasteiger partial charge < -0.3 is 4.98 Å². The molecule has 0 saturated heterocycles. The molecule has 94 valence electrons. The summed E-state index contributed by atoms with van der Waals surface area (Å²) >= 11 is 0. The standard InChI is InChI=1S/C12H9NO.C4H5N/c14-9-11-4-1-2-6-12(11)10-5-3-7-13-8-10;1-2-4-5-3-1/h1-9H;1-5H. The summed E-state index contributed by atoms with van der Waals surface area (Å²) in [6.45, 7) is 0. The minimum absolute atomic E-state index is 0.695. The summed E-state index contributed by atoms with van der Waals surface area (Å²) in [6.07, 6.45) is 8.08. The summed E-state index contributed by atoms with van der Waals surface area (Å²) in [5.74, 6) is 0. The van der Waals surface area contributed by atoms with Gasteiger partial charge in [0.1, 0.15) is 0 Å². The van der Waals surface area contributed by atoms with Gasteiger partial charge in [0.05, 0.1) is 0 Å². The molecule has 0 radical (unpaired) electrons. The van der Waals surface area contributed by atoms with E-state index in [-0.39, 0.29) is 0 Å². The molecule has 2 heterocycles. The summed E-state index contributed by atoms with van der Waals surface area (Å²) < 4.78 is 0. The Kier molecular flexibility index (Phi) is 4.64. The van der Waals surface area contributed by atoms with Crippen LogP contribution in [0.2, 0.25) is 0 Å². The Bertz CT molecular complexity index is 586. The molecule has 0 aliphatic rings. The molecule has 2 aromatic heterocycles. The van der Waals surface area contributed by atoms with Crippen molar-refractivity contribution in [3.8, 4) is 11.1 Å². The van der Waals surface area contributed by atoms with Gasteiger partial charge in [0.15, 0.2) is 6.29 Å². The van der Waals surface area contributed by atoms with Crippen LogP contribution in [-0.4, -0.2) is 16.3 Å². The van der Waals surface area contributed by atoms with Crippen molar-refractivity contribution in [3.63, 3.8) is 0 Å². The number of pyridine rings is 1. The van der Waals surface area contributed by atoms with Crippen LogP contribution < -0.4 is 0 Å². The number of hydrogen-bond donors (Lipinski definition) is 1. The van der Waals surface area contributed by atoms with Gasteiger partial charge in [-0.05, 0) is 23.8 Å². The second kappa shape index (κ2) is 6.91. The van der Waals surface area contributed by atoms with Crippen LogP contribution in [0.15, 0.2) is 73.3 Å². The molecule has 3 rings (SSSR count). The lowest BCUT2D eigenvalue weighted by Crippen LogP contribution is -1.86. The van der Waals surface area contributed by atoms with Gasteiger partial charge in [-0.1, -0.05) is 30.3 Å². The predicted molar refractivity (Wildman–Crippen MR) is 75.9 cm³/mol. The number of carbonyl (C=O) groups is 1. The van der Waals surface area contributed by atoms with Crippen molar-refractivity contribution >= 4 is 6.29 Å². The second-order valence-electron chi connectivity index (χ2n) is 3.83. The molecule has 0 amide bonds. The summed E-state index contributed by atoms with van der Waals surface area (Å²) in [5.41, 5.74) is 2.59. The molecule has 0 bridgehead atoms. The lowest BCUT2D eigenvalue weighted by atomic mass is 10.0. The van der Waals surface area contributed by atoms with Crippen molar-refractivity contribution in [3.05, 3.63) is 78.9 Å². The van der Waals surface area contributed by atoms with E-state index in [2.05, 4.69) is 9.97 Å². The van der Waals surface area contributed by atoms with Crippen molar-refractivity contribution < 1.29 is 4.79 Å². The average molecular weight is 250 g/mol. The van der Waals surface area contributed by atoms with Gasteiger partial charge in [-0.2, -0.15) is 0 Å². The number of aldehydes is 1. The van der Waals surface area contributed by atoms with Gasteiger partial charge in [0.25, 0.3) is 0 Å². The van der Waals surface area contributed by atoms with Gasteiger partial charge in [0.2, 0.25) is 0 Å². The molecule has 1 aromatic carbocycles. The normalized spacial score (nSPS) is 9.26. The fourth-order valence-electron chi connectivity index (χ4n) is 1.66. The number of aromatic nitrogens is 2. The smallest absolute Gasteiger partial charge is 0.150 e. The zero-order valence-electron chi connectivity index (χ0n) is 10.4. The first-order chi connectivity index (χ1) is 9.42. The Labute approximate surface area is 112 Å². The minimum atomic E-state index is 0.695. The first-order valence-corrected chi connectivity index (χ1v) is 5.94. The van der Waals surface area contributed by atoms with Crippen molar-refractivity contribution in [2.75, 3.05) is 0 Å². The average Bonchev–Trinajstić information content (AvgIpc) is 3.08. The van der Waals surface area contributed by atoms with E-state index in [1.54, 1.807) is 18.5 Å². The van der Waals surface area contributed by atoms with E-state index in [1.807, 2.05) is 54.9 Å². The highest BCUT2D eigenvalue weighted by Gasteiger charge is 2.01. The van der Waals surface area contributed by atoms with Gasteiger partial charge in [-0.3, -0.25) is 9.78 Å². The maximum Gasteiger partial charge on any atom is 0.150 e. The summed E-state index contributed by atoms with van der Waals surface area (Å²) in [6, 6.07) is 15.2. The molecule has 19 heavy (non-hydrogen) atoms. The number of nitrogens with one attached hydrogen (secondary N) is 1. The minimum Gasteiger partial charge on any atom is -0.368 e. The zero-order valence-corrected chi connectivity index (χ0v) is 10.4. The topological polar surface area (TPSA) is 45.8 Å². The van der Waals surface area contributed by atoms with Crippen LogP contribution in [0.25, 0.3) is 11.1 Å². The van der Waals surface area contributed by atoms with Crippen molar-refractivity contribution in [2.24, 2.45) is 0 Å². The molecular weight excluding hydrogens is 236 g/mol. The van der Waals surface area contributed by atoms with Gasteiger partial charge >= 0.3 is 0 Å². The molecule has 0 fully saturated rings. The third-order valence-corrected chi connectivity index (χ3v) is 2.56. The lowest BCUT2D eigenvalue weighted by Gasteiger charge is -2.02. The Morgan fingerprint density at radius 1 is 0.947 bits per heavy atom. The van der Waals surface area contributed by atoms with Crippen molar-refractivity contribution in [1.29, 1.82) is 0 Å². The Morgan fingerprint density at radius 2 is 1.74 bits per heavy atom. The molecule has 0 unspecified atom stereocenters. The summed E-state index contributed by atoms with van der Waals surface area (Å²) in [4.78, 5) is 17.7. The predicted octanol–water partition coefficient (Wildman–Crippen LogP) is 3.58. The zero-order chi connectivity index (χ0) is 13.3. The molecule has 3 nitrogen and oxygen atoms in total. The highest BCUT2D eigenvalue weighted by Crippen LogP contribution is 2.20. The molecule has 0 aliphatic heterocycles. The maximum absolute atomic E-state index is 10.8. The number of rotatable bonds is 2. The first-order valence-electron chi connectivity index (χ1n) is 5.94. The highest BCUT2D eigenvalue weighted by molar-refractivity contribution is 5.87. The van der Waals surface area contributed by atoms with Crippen molar-refractivity contribution in [1.82, 2.24) is 9.97 Å².